The van der Waals surface area contributed by atoms with E-state index in [2.05, 4.69) is 26.1 Å². The number of nitrogens with zero attached hydrogens (tertiary/aromatic N) is 2. The van der Waals surface area contributed by atoms with Crippen LogP contribution in [0, 0.1) is 29.0 Å². The summed E-state index contributed by atoms with van der Waals surface area (Å²) in [5.74, 6) is -2.36. The van der Waals surface area contributed by atoms with E-state index in [-0.39, 0.29) is 36.3 Å². The molecule has 8 nitrogen and oxygen atoms in total. The van der Waals surface area contributed by atoms with Crippen molar-refractivity contribution in [3.8, 4) is 0 Å². The van der Waals surface area contributed by atoms with Crippen LogP contribution in [-0.4, -0.2) is 67.0 Å². The van der Waals surface area contributed by atoms with Crippen LogP contribution in [0.25, 0.3) is 0 Å². The van der Waals surface area contributed by atoms with E-state index < -0.39 is 56.6 Å². The van der Waals surface area contributed by atoms with Gasteiger partial charge in [-0.2, -0.15) is 17.5 Å². The third-order valence-electron chi connectivity index (χ3n) is 7.69. The van der Waals surface area contributed by atoms with E-state index in [0.29, 0.717) is 31.4 Å². The van der Waals surface area contributed by atoms with Crippen LogP contribution in [0.2, 0.25) is 0 Å². The Morgan fingerprint density at radius 2 is 1.82 bits per heavy atom. The molecule has 1 heterocycles. The lowest BCUT2D eigenvalue weighted by molar-refractivity contribution is -0.140. The quantitative estimate of drug-likeness (QED) is 0.431. The lowest BCUT2D eigenvalue weighted by atomic mass is 9.82. The molecule has 1 aromatic rings. The standard InChI is InChI=1S/C26H37F4N3O5S/c1-15(12-25(2,3)4)10-22(32(5)24(35)36)23(34)31-21-9-6-16-13-33(14-18(16)21)39(37,38)17-7-8-20(27)19(11-17)26(28,29)30/h7-8,11,15-16,18,21-22H,6,9-10,12-14H2,1-5H3,(H,31,34)(H,35,36)/t15?,16-,18+,21+,22-/m0/s1. The van der Waals surface area contributed by atoms with Crippen LogP contribution in [0.3, 0.4) is 0 Å². The Labute approximate surface area is 226 Å². The van der Waals surface area contributed by atoms with Crippen molar-refractivity contribution >= 4 is 22.0 Å². The second-order valence-electron chi connectivity index (χ2n) is 12.1. The predicted octanol–water partition coefficient (Wildman–Crippen LogP) is 4.80. The molecule has 0 radical (unpaired) electrons. The van der Waals surface area contributed by atoms with Gasteiger partial charge in [0.15, 0.2) is 0 Å². The molecule has 2 N–H and O–H groups in total. The summed E-state index contributed by atoms with van der Waals surface area (Å²) >= 11 is 0. The molecular weight excluding hydrogens is 542 g/mol. The highest BCUT2D eigenvalue weighted by Gasteiger charge is 2.48. The van der Waals surface area contributed by atoms with Crippen molar-refractivity contribution in [1.82, 2.24) is 14.5 Å². The van der Waals surface area contributed by atoms with E-state index >= 15 is 0 Å². The second kappa shape index (κ2) is 11.2. The normalized spacial score (nSPS) is 23.8. The van der Waals surface area contributed by atoms with Gasteiger partial charge in [0, 0.05) is 26.2 Å². The Morgan fingerprint density at radius 3 is 2.38 bits per heavy atom. The number of carbonyl (C=O) groups is 2. The van der Waals surface area contributed by atoms with Gasteiger partial charge >= 0.3 is 12.3 Å². The fourth-order valence-corrected chi connectivity index (χ4v) is 7.56. The SMILES string of the molecule is CC(C[C@@H](C(=O)N[C@@H]1CC[C@H]2CN(S(=O)(=O)c3ccc(F)c(C(F)(F)F)c3)C[C@H]21)N(C)C(=O)O)CC(C)(C)C. The van der Waals surface area contributed by atoms with Crippen LogP contribution in [0.1, 0.15) is 58.9 Å². The van der Waals surface area contributed by atoms with E-state index in [0.717, 1.165) is 21.7 Å². The van der Waals surface area contributed by atoms with Gasteiger partial charge in [-0.25, -0.2) is 17.6 Å². The summed E-state index contributed by atoms with van der Waals surface area (Å²) in [6.45, 7) is 8.21. The first-order chi connectivity index (χ1) is 17.8. The van der Waals surface area contributed by atoms with Crippen molar-refractivity contribution in [1.29, 1.82) is 0 Å². The van der Waals surface area contributed by atoms with Crippen molar-refractivity contribution in [2.45, 2.75) is 76.5 Å². The van der Waals surface area contributed by atoms with E-state index in [1.807, 2.05) is 6.92 Å². The monoisotopic (exact) mass is 579 g/mol. The summed E-state index contributed by atoms with van der Waals surface area (Å²) in [5.41, 5.74) is -1.66. The number of halogens is 4. The van der Waals surface area contributed by atoms with Crippen molar-refractivity contribution in [3.05, 3.63) is 29.6 Å². The Hall–Kier alpha value is -2.41. The largest absolute Gasteiger partial charge is 0.465 e. The average Bonchev–Trinajstić information content (AvgIpc) is 3.37. The number of likely N-dealkylation sites (N-methyl/N-ethyl adjacent to an activating group) is 1. The molecule has 220 valence electrons. The number of alkyl halides is 3. The van der Waals surface area contributed by atoms with Crippen LogP contribution in [0.4, 0.5) is 22.4 Å². The molecule has 0 spiro atoms. The van der Waals surface area contributed by atoms with Crippen molar-refractivity contribution in [2.75, 3.05) is 20.1 Å². The molecule has 2 aliphatic rings. The topological polar surface area (TPSA) is 107 Å². The number of carboxylic acid groups (broad SMARTS) is 1. The van der Waals surface area contributed by atoms with Gasteiger partial charge in [-0.15, -0.1) is 0 Å². The van der Waals surface area contributed by atoms with Gasteiger partial charge in [0.05, 0.1) is 10.5 Å². The van der Waals surface area contributed by atoms with Gasteiger partial charge in [-0.1, -0.05) is 27.7 Å². The van der Waals surface area contributed by atoms with E-state index in [1.54, 1.807) is 0 Å². The summed E-state index contributed by atoms with van der Waals surface area (Å²) in [4.78, 5) is 25.4. The number of rotatable bonds is 8. The van der Waals surface area contributed by atoms with Gasteiger partial charge in [-0.05, 0) is 67.1 Å². The first-order valence-corrected chi connectivity index (χ1v) is 14.4. The summed E-state index contributed by atoms with van der Waals surface area (Å²) in [6, 6.07) is 0.279. The number of amides is 2. The first kappa shape index (κ1) is 31.1. The number of hydrogen-bond acceptors (Lipinski definition) is 4. The van der Waals surface area contributed by atoms with Gasteiger partial charge in [0.2, 0.25) is 15.9 Å². The van der Waals surface area contributed by atoms with Crippen LogP contribution in [0.15, 0.2) is 23.1 Å². The molecule has 2 fully saturated rings. The van der Waals surface area contributed by atoms with Crippen LogP contribution in [0.5, 0.6) is 0 Å². The molecule has 0 bridgehead atoms. The van der Waals surface area contributed by atoms with Gasteiger partial charge in [0.25, 0.3) is 0 Å². The second-order valence-corrected chi connectivity index (χ2v) is 14.0. The Bertz CT molecular complexity index is 1190. The van der Waals surface area contributed by atoms with Gasteiger partial charge < -0.3 is 10.4 Å². The highest BCUT2D eigenvalue weighted by Crippen LogP contribution is 2.41. The molecule has 1 saturated heterocycles. The van der Waals surface area contributed by atoms with Crippen molar-refractivity contribution < 1.29 is 40.7 Å². The minimum absolute atomic E-state index is 0.00883. The molecule has 1 unspecified atom stereocenters. The van der Waals surface area contributed by atoms with Gasteiger partial charge in [-0.3, -0.25) is 9.69 Å². The maximum absolute atomic E-state index is 13.7. The molecule has 1 saturated carbocycles. The van der Waals surface area contributed by atoms with Crippen molar-refractivity contribution in [2.24, 2.45) is 23.2 Å². The fourth-order valence-electron chi connectivity index (χ4n) is 5.99. The molecule has 1 aliphatic heterocycles. The molecule has 39 heavy (non-hydrogen) atoms. The zero-order chi connectivity index (χ0) is 29.5. The number of nitrogens with one attached hydrogen (secondary N) is 1. The first-order valence-electron chi connectivity index (χ1n) is 12.9. The average molecular weight is 580 g/mol. The number of fused-ring (bicyclic) bond motifs is 1. The zero-order valence-electron chi connectivity index (χ0n) is 22.8. The molecule has 2 amide bonds. The highest BCUT2D eigenvalue weighted by molar-refractivity contribution is 7.89. The van der Waals surface area contributed by atoms with Crippen molar-refractivity contribution in [3.63, 3.8) is 0 Å². The predicted molar refractivity (Wildman–Crippen MR) is 136 cm³/mol. The number of carbonyl (C=O) groups excluding carboxylic acids is 1. The number of sulfonamides is 1. The fraction of sp³-hybridized carbons (Fsp3) is 0.692. The molecule has 13 heteroatoms. The summed E-state index contributed by atoms with van der Waals surface area (Å²) in [7, 11) is -3.00. The third-order valence-corrected chi connectivity index (χ3v) is 9.52. The Balaban J connectivity index is 1.74. The Morgan fingerprint density at radius 1 is 1.18 bits per heavy atom. The summed E-state index contributed by atoms with van der Waals surface area (Å²) < 4.78 is 80.6. The maximum Gasteiger partial charge on any atom is 0.419 e. The minimum Gasteiger partial charge on any atom is -0.465 e. The lowest BCUT2D eigenvalue weighted by Gasteiger charge is -2.31. The molecule has 3 rings (SSSR count). The van der Waals surface area contributed by atoms with E-state index in [4.69, 9.17) is 0 Å². The van der Waals surface area contributed by atoms with E-state index in [1.165, 1.54) is 7.05 Å². The third kappa shape index (κ3) is 7.22. The lowest BCUT2D eigenvalue weighted by Crippen LogP contribution is -2.52. The van der Waals surface area contributed by atoms with Crippen LogP contribution < -0.4 is 5.32 Å². The summed E-state index contributed by atoms with van der Waals surface area (Å²) in [6.07, 6.45) is -4.01. The van der Waals surface area contributed by atoms with Crippen LogP contribution in [-0.2, 0) is 21.0 Å². The number of hydrogen-bond donors (Lipinski definition) is 2. The Kier molecular flexibility index (Phi) is 8.96. The molecule has 0 aromatic heterocycles. The number of benzene rings is 1. The molecular formula is C26H37F4N3O5S. The smallest absolute Gasteiger partial charge is 0.419 e. The molecule has 1 aliphatic carbocycles. The molecule has 1 aromatic carbocycles. The maximum atomic E-state index is 13.7. The van der Waals surface area contributed by atoms with Crippen LogP contribution >= 0.6 is 0 Å². The van der Waals surface area contributed by atoms with Gasteiger partial charge in [0.1, 0.15) is 11.9 Å². The minimum atomic E-state index is -5.05. The highest BCUT2D eigenvalue weighted by atomic mass is 32.2. The summed E-state index contributed by atoms with van der Waals surface area (Å²) in [5, 5.41) is 12.5. The van der Waals surface area contributed by atoms with E-state index in [9.17, 15) is 40.7 Å². The zero-order valence-corrected chi connectivity index (χ0v) is 23.6. The molecule has 5 atom stereocenters.